The minimum atomic E-state index is -4.60. The quantitative estimate of drug-likeness (QED) is 0.469. The molecule has 0 saturated carbocycles. The predicted molar refractivity (Wildman–Crippen MR) is 24.8 cm³/mol. The van der Waals surface area contributed by atoms with Crippen molar-refractivity contribution in [1.82, 2.24) is 5.06 Å². The molecule has 9 heavy (non-hydrogen) atoms. The molecule has 0 aromatic carbocycles. The number of hydrogen-bond donors (Lipinski definition) is 1. The predicted octanol–water partition coefficient (Wildman–Crippen LogP) is 1.61. The summed E-state index contributed by atoms with van der Waals surface area (Å²) in [6, 6.07) is 0. The van der Waals surface area contributed by atoms with Crippen LogP contribution in [0, 0.1) is 0 Å². The molecule has 0 bridgehead atoms. The number of nitrogens with zero attached hydrogens (tertiary/aromatic N) is 1. The van der Waals surface area contributed by atoms with Crippen molar-refractivity contribution >= 4 is 0 Å². The molecule has 0 aliphatic rings. The van der Waals surface area contributed by atoms with Crippen molar-refractivity contribution in [2.45, 2.75) is 19.6 Å². The molecular formula is C4H8F3NO. The molecule has 0 aromatic heterocycles. The average Bonchev–Trinajstić information content (AvgIpc) is 1.64. The van der Waals surface area contributed by atoms with Gasteiger partial charge in [-0.15, -0.1) is 0 Å². The Morgan fingerprint density at radius 3 is 2.00 bits per heavy atom. The van der Waals surface area contributed by atoms with Crippen LogP contribution in [0.1, 0.15) is 13.3 Å². The van der Waals surface area contributed by atoms with E-state index in [1.165, 1.54) is 0 Å². The van der Waals surface area contributed by atoms with Crippen LogP contribution in [0.5, 0.6) is 0 Å². The highest BCUT2D eigenvalue weighted by Crippen LogP contribution is 2.18. The Labute approximate surface area is 50.8 Å². The molecule has 0 aromatic rings. The van der Waals surface area contributed by atoms with Crippen molar-refractivity contribution in [3.05, 3.63) is 0 Å². The Morgan fingerprint density at radius 1 is 1.44 bits per heavy atom. The summed E-state index contributed by atoms with van der Waals surface area (Å²) < 4.78 is 33.9. The lowest BCUT2D eigenvalue weighted by Crippen LogP contribution is -2.35. The topological polar surface area (TPSA) is 23.5 Å². The number of halogens is 3. The fourth-order valence-corrected chi connectivity index (χ4v) is 0.339. The first-order chi connectivity index (χ1) is 3.98. The van der Waals surface area contributed by atoms with E-state index in [0.717, 1.165) is 0 Å². The van der Waals surface area contributed by atoms with Gasteiger partial charge in [0.05, 0.1) is 0 Å². The van der Waals surface area contributed by atoms with Gasteiger partial charge in [-0.1, -0.05) is 12.0 Å². The van der Waals surface area contributed by atoms with Gasteiger partial charge in [-0.2, -0.15) is 13.2 Å². The molecular weight excluding hydrogens is 135 g/mol. The summed E-state index contributed by atoms with van der Waals surface area (Å²) in [6.45, 7) is 1.18. The van der Waals surface area contributed by atoms with Crippen molar-refractivity contribution in [1.29, 1.82) is 0 Å². The maximum atomic E-state index is 11.3. The fraction of sp³-hybridized carbons (Fsp3) is 1.00. The largest absolute Gasteiger partial charge is 0.482 e. The molecule has 0 aliphatic carbocycles. The fourth-order valence-electron chi connectivity index (χ4n) is 0.339. The smallest absolute Gasteiger partial charge is 0.306 e. The molecule has 0 unspecified atom stereocenters. The maximum absolute atomic E-state index is 11.3. The van der Waals surface area contributed by atoms with Gasteiger partial charge in [0.1, 0.15) is 0 Å². The van der Waals surface area contributed by atoms with Crippen LogP contribution in [0.15, 0.2) is 0 Å². The lowest BCUT2D eigenvalue weighted by Gasteiger charge is -2.15. The van der Waals surface area contributed by atoms with Gasteiger partial charge in [-0.3, -0.25) is 0 Å². The zero-order chi connectivity index (χ0) is 7.49. The first kappa shape index (κ1) is 8.71. The molecule has 0 spiro atoms. The van der Waals surface area contributed by atoms with Crippen LogP contribution in [0.25, 0.3) is 0 Å². The number of hydrogen-bond acceptors (Lipinski definition) is 2. The van der Waals surface area contributed by atoms with E-state index in [4.69, 9.17) is 5.21 Å². The zero-order valence-electron chi connectivity index (χ0n) is 4.94. The van der Waals surface area contributed by atoms with Gasteiger partial charge in [-0.25, -0.2) is 0 Å². The minimum Gasteiger partial charge on any atom is -0.306 e. The number of rotatable bonds is 2. The lowest BCUT2D eigenvalue weighted by atomic mass is 10.5. The van der Waals surface area contributed by atoms with Crippen molar-refractivity contribution < 1.29 is 18.4 Å². The summed E-state index contributed by atoms with van der Waals surface area (Å²) in [5.74, 6) is 0. The molecule has 0 radical (unpaired) electrons. The highest BCUT2D eigenvalue weighted by molar-refractivity contribution is 4.43. The summed E-state index contributed by atoms with van der Waals surface area (Å²) in [4.78, 5) is 0. The van der Waals surface area contributed by atoms with Crippen LogP contribution >= 0.6 is 0 Å². The third-order valence-corrected chi connectivity index (χ3v) is 0.728. The van der Waals surface area contributed by atoms with E-state index in [2.05, 4.69) is 0 Å². The zero-order valence-corrected chi connectivity index (χ0v) is 4.94. The van der Waals surface area contributed by atoms with Crippen molar-refractivity contribution in [3.8, 4) is 0 Å². The Morgan fingerprint density at radius 2 is 1.89 bits per heavy atom. The molecule has 1 N–H and O–H groups in total. The standard InChI is InChI=1S/C4H8F3NO/c1-2-3-8(9)4(5,6)7/h9H,2-3H2,1H3. The van der Waals surface area contributed by atoms with Crippen LogP contribution in [-0.2, 0) is 0 Å². The summed E-state index contributed by atoms with van der Waals surface area (Å²) in [7, 11) is 0. The first-order valence-electron chi connectivity index (χ1n) is 2.51. The number of hydroxylamine groups is 2. The van der Waals surface area contributed by atoms with E-state index in [0.29, 0.717) is 0 Å². The second-order valence-electron chi connectivity index (χ2n) is 1.59. The molecule has 0 amide bonds. The normalized spacial score (nSPS) is 12.7. The van der Waals surface area contributed by atoms with Crippen LogP contribution in [-0.4, -0.2) is 23.1 Å². The molecule has 0 rings (SSSR count). The highest BCUT2D eigenvalue weighted by Gasteiger charge is 2.35. The molecule has 0 saturated heterocycles. The second kappa shape index (κ2) is 3.03. The third-order valence-electron chi connectivity index (χ3n) is 0.728. The Kier molecular flexibility index (Phi) is 2.93. The van der Waals surface area contributed by atoms with Gasteiger partial charge in [0.2, 0.25) is 0 Å². The van der Waals surface area contributed by atoms with E-state index in [1.807, 2.05) is 0 Å². The molecule has 0 aliphatic heterocycles. The van der Waals surface area contributed by atoms with Crippen molar-refractivity contribution in [3.63, 3.8) is 0 Å². The maximum Gasteiger partial charge on any atom is 0.482 e. The van der Waals surface area contributed by atoms with Gasteiger partial charge in [0.15, 0.2) is 0 Å². The van der Waals surface area contributed by atoms with E-state index < -0.39 is 11.4 Å². The number of alkyl halides is 3. The van der Waals surface area contributed by atoms with E-state index >= 15 is 0 Å². The minimum absolute atomic E-state index is 0.274. The van der Waals surface area contributed by atoms with Crippen molar-refractivity contribution in [2.75, 3.05) is 6.54 Å². The van der Waals surface area contributed by atoms with E-state index in [-0.39, 0.29) is 13.0 Å². The highest BCUT2D eigenvalue weighted by atomic mass is 19.4. The van der Waals surface area contributed by atoms with Crippen LogP contribution in [0.3, 0.4) is 0 Å². The summed E-state index contributed by atoms with van der Waals surface area (Å²) in [5, 5.41) is 7.46. The first-order valence-corrected chi connectivity index (χ1v) is 2.51. The molecule has 0 heterocycles. The van der Waals surface area contributed by atoms with Crippen LogP contribution in [0.4, 0.5) is 13.2 Å². The summed E-state index contributed by atoms with van der Waals surface area (Å²) in [6.07, 6.45) is -4.33. The molecule has 2 nitrogen and oxygen atoms in total. The van der Waals surface area contributed by atoms with E-state index in [1.54, 1.807) is 6.92 Å². The molecule has 0 fully saturated rings. The lowest BCUT2D eigenvalue weighted by molar-refractivity contribution is -0.351. The third kappa shape index (κ3) is 3.31. The van der Waals surface area contributed by atoms with Crippen LogP contribution in [0.2, 0.25) is 0 Å². The van der Waals surface area contributed by atoms with Gasteiger partial charge in [0, 0.05) is 6.54 Å². The molecule has 5 heteroatoms. The van der Waals surface area contributed by atoms with Crippen molar-refractivity contribution in [2.24, 2.45) is 0 Å². The second-order valence-corrected chi connectivity index (χ2v) is 1.59. The Bertz CT molecular complexity index is 82.4. The monoisotopic (exact) mass is 143 g/mol. The SMILES string of the molecule is CCCN(O)C(F)(F)F. The summed E-state index contributed by atoms with van der Waals surface area (Å²) >= 11 is 0. The van der Waals surface area contributed by atoms with Gasteiger partial charge < -0.3 is 5.21 Å². The Hall–Kier alpha value is -0.290. The van der Waals surface area contributed by atoms with E-state index in [9.17, 15) is 13.2 Å². The molecule has 0 atom stereocenters. The summed E-state index contributed by atoms with van der Waals surface area (Å²) in [5.41, 5.74) is 0. The van der Waals surface area contributed by atoms with Gasteiger partial charge in [-0.05, 0) is 6.42 Å². The van der Waals surface area contributed by atoms with Gasteiger partial charge in [0.25, 0.3) is 0 Å². The molecule has 56 valence electrons. The average molecular weight is 143 g/mol. The van der Waals surface area contributed by atoms with Gasteiger partial charge >= 0.3 is 6.30 Å². The Balaban J connectivity index is 3.59. The van der Waals surface area contributed by atoms with Crippen LogP contribution < -0.4 is 0 Å².